The van der Waals surface area contributed by atoms with E-state index in [1.54, 1.807) is 6.07 Å². The molecule has 3 nitrogen and oxygen atoms in total. The standard InChI is InChI=1S/C24H25NO2/c1-16-4-9-19(10-5-16)15-23(20-11-6-17(2)7-12-20)25-22-13-8-18(3)14-21(22)24(26)27/h4-14,23,25H,15H2,1-3H3,(H,26,27). The third kappa shape index (κ3) is 4.76. The molecule has 0 saturated carbocycles. The predicted molar refractivity (Wildman–Crippen MR) is 111 cm³/mol. The first kappa shape index (κ1) is 18.7. The van der Waals surface area contributed by atoms with E-state index in [2.05, 4.69) is 67.7 Å². The molecule has 27 heavy (non-hydrogen) atoms. The summed E-state index contributed by atoms with van der Waals surface area (Å²) in [5.74, 6) is -0.917. The number of aryl methyl sites for hydroxylation is 3. The van der Waals surface area contributed by atoms with Gasteiger partial charge in [0.05, 0.1) is 11.6 Å². The minimum absolute atomic E-state index is 0.0193. The third-order valence-electron chi connectivity index (χ3n) is 4.78. The smallest absolute Gasteiger partial charge is 0.337 e. The largest absolute Gasteiger partial charge is 0.478 e. The molecule has 0 radical (unpaired) electrons. The maximum Gasteiger partial charge on any atom is 0.337 e. The summed E-state index contributed by atoms with van der Waals surface area (Å²) in [6.07, 6.45) is 0.774. The Bertz CT molecular complexity index is 928. The summed E-state index contributed by atoms with van der Waals surface area (Å²) < 4.78 is 0. The Hall–Kier alpha value is -3.07. The molecule has 2 N–H and O–H groups in total. The fourth-order valence-corrected chi connectivity index (χ4v) is 3.16. The quantitative estimate of drug-likeness (QED) is 0.593. The van der Waals surface area contributed by atoms with Gasteiger partial charge in [0.15, 0.2) is 0 Å². The molecule has 1 atom stereocenters. The monoisotopic (exact) mass is 359 g/mol. The van der Waals surface area contributed by atoms with Crippen molar-refractivity contribution in [2.45, 2.75) is 33.2 Å². The van der Waals surface area contributed by atoms with Crippen LogP contribution in [0.4, 0.5) is 5.69 Å². The summed E-state index contributed by atoms with van der Waals surface area (Å²) in [7, 11) is 0. The Morgan fingerprint density at radius 2 is 1.41 bits per heavy atom. The van der Waals surface area contributed by atoms with Gasteiger partial charge in [-0.2, -0.15) is 0 Å². The molecule has 0 aliphatic rings. The van der Waals surface area contributed by atoms with Gasteiger partial charge in [0.2, 0.25) is 0 Å². The maximum absolute atomic E-state index is 11.7. The van der Waals surface area contributed by atoms with Crippen LogP contribution in [0.5, 0.6) is 0 Å². The first-order chi connectivity index (χ1) is 12.9. The van der Waals surface area contributed by atoms with E-state index in [0.29, 0.717) is 11.3 Å². The number of hydrogen-bond acceptors (Lipinski definition) is 2. The number of aromatic carboxylic acids is 1. The molecule has 0 aliphatic carbocycles. The van der Waals surface area contributed by atoms with Crippen LogP contribution < -0.4 is 5.32 Å². The number of carboxylic acids is 1. The van der Waals surface area contributed by atoms with Gasteiger partial charge < -0.3 is 10.4 Å². The van der Waals surface area contributed by atoms with E-state index in [1.807, 2.05) is 19.1 Å². The van der Waals surface area contributed by atoms with Crippen LogP contribution in [0.25, 0.3) is 0 Å². The van der Waals surface area contributed by atoms with Crippen LogP contribution in [0.3, 0.4) is 0 Å². The lowest BCUT2D eigenvalue weighted by Gasteiger charge is -2.22. The second-order valence-corrected chi connectivity index (χ2v) is 7.15. The summed E-state index contributed by atoms with van der Waals surface area (Å²) in [5, 5.41) is 13.1. The molecule has 0 aromatic heterocycles. The average molecular weight is 359 g/mol. The minimum atomic E-state index is -0.917. The van der Waals surface area contributed by atoms with Gasteiger partial charge in [-0.1, -0.05) is 71.3 Å². The van der Waals surface area contributed by atoms with E-state index >= 15 is 0 Å². The molecule has 0 spiro atoms. The first-order valence-corrected chi connectivity index (χ1v) is 9.15. The average Bonchev–Trinajstić information content (AvgIpc) is 2.65. The number of nitrogens with one attached hydrogen (secondary N) is 1. The predicted octanol–water partition coefficient (Wildman–Crippen LogP) is 5.71. The van der Waals surface area contributed by atoms with Crippen LogP contribution in [0.1, 0.15) is 44.2 Å². The van der Waals surface area contributed by atoms with E-state index in [0.717, 1.165) is 17.5 Å². The molecule has 3 aromatic carbocycles. The zero-order chi connectivity index (χ0) is 19.4. The van der Waals surface area contributed by atoms with Gasteiger partial charge in [-0.3, -0.25) is 0 Å². The lowest BCUT2D eigenvalue weighted by molar-refractivity contribution is 0.0697. The zero-order valence-corrected chi connectivity index (χ0v) is 16.0. The molecular formula is C24H25NO2. The molecule has 3 rings (SSSR count). The van der Waals surface area contributed by atoms with E-state index in [1.165, 1.54) is 16.7 Å². The zero-order valence-electron chi connectivity index (χ0n) is 16.0. The Labute approximate surface area is 160 Å². The van der Waals surface area contributed by atoms with Crippen molar-refractivity contribution in [2.75, 3.05) is 5.32 Å². The van der Waals surface area contributed by atoms with E-state index < -0.39 is 5.97 Å². The Morgan fingerprint density at radius 1 is 0.852 bits per heavy atom. The van der Waals surface area contributed by atoms with Gasteiger partial charge in [0.25, 0.3) is 0 Å². The second kappa shape index (κ2) is 8.09. The van der Waals surface area contributed by atoms with Crippen LogP contribution >= 0.6 is 0 Å². The third-order valence-corrected chi connectivity index (χ3v) is 4.78. The number of benzene rings is 3. The Balaban J connectivity index is 1.96. The molecule has 0 bridgehead atoms. The Morgan fingerprint density at radius 3 is 2.00 bits per heavy atom. The highest BCUT2D eigenvalue weighted by molar-refractivity contribution is 5.94. The molecule has 0 aliphatic heterocycles. The highest BCUT2D eigenvalue weighted by Crippen LogP contribution is 2.27. The fourth-order valence-electron chi connectivity index (χ4n) is 3.16. The topological polar surface area (TPSA) is 49.3 Å². The summed E-state index contributed by atoms with van der Waals surface area (Å²) >= 11 is 0. The molecular weight excluding hydrogens is 334 g/mol. The summed E-state index contributed by atoms with van der Waals surface area (Å²) in [5.41, 5.74) is 6.66. The van der Waals surface area contributed by atoms with Crippen molar-refractivity contribution in [1.82, 2.24) is 0 Å². The molecule has 1 unspecified atom stereocenters. The SMILES string of the molecule is Cc1ccc(CC(Nc2ccc(C)cc2C(=O)O)c2ccc(C)cc2)cc1. The fraction of sp³-hybridized carbons (Fsp3) is 0.208. The minimum Gasteiger partial charge on any atom is -0.478 e. The van der Waals surface area contributed by atoms with Crippen LogP contribution in [0.15, 0.2) is 66.7 Å². The number of anilines is 1. The van der Waals surface area contributed by atoms with Crippen molar-refractivity contribution in [3.05, 3.63) is 100 Å². The number of rotatable bonds is 6. The van der Waals surface area contributed by atoms with Crippen molar-refractivity contribution < 1.29 is 9.90 Å². The molecule has 3 aromatic rings. The molecule has 3 heteroatoms. The number of hydrogen-bond donors (Lipinski definition) is 2. The van der Waals surface area contributed by atoms with Crippen LogP contribution in [0.2, 0.25) is 0 Å². The van der Waals surface area contributed by atoms with Crippen molar-refractivity contribution in [3.8, 4) is 0 Å². The van der Waals surface area contributed by atoms with Crippen molar-refractivity contribution in [3.63, 3.8) is 0 Å². The number of carbonyl (C=O) groups is 1. The van der Waals surface area contributed by atoms with E-state index in [4.69, 9.17) is 0 Å². The van der Waals surface area contributed by atoms with Gasteiger partial charge in [0, 0.05) is 5.69 Å². The highest BCUT2D eigenvalue weighted by atomic mass is 16.4. The van der Waals surface area contributed by atoms with Gasteiger partial charge in [-0.05, 0) is 50.5 Å². The van der Waals surface area contributed by atoms with Crippen molar-refractivity contribution >= 4 is 11.7 Å². The molecule has 138 valence electrons. The summed E-state index contributed by atoms with van der Waals surface area (Å²) in [4.78, 5) is 11.7. The van der Waals surface area contributed by atoms with Gasteiger partial charge >= 0.3 is 5.97 Å². The van der Waals surface area contributed by atoms with Crippen molar-refractivity contribution in [2.24, 2.45) is 0 Å². The summed E-state index contributed by atoms with van der Waals surface area (Å²) in [6.45, 7) is 6.04. The van der Waals surface area contributed by atoms with Crippen LogP contribution in [-0.4, -0.2) is 11.1 Å². The van der Waals surface area contributed by atoms with E-state index in [-0.39, 0.29) is 6.04 Å². The Kier molecular flexibility index (Phi) is 5.60. The maximum atomic E-state index is 11.7. The van der Waals surface area contributed by atoms with Crippen LogP contribution in [-0.2, 0) is 6.42 Å². The van der Waals surface area contributed by atoms with Crippen LogP contribution in [0, 0.1) is 20.8 Å². The second-order valence-electron chi connectivity index (χ2n) is 7.15. The highest BCUT2D eigenvalue weighted by Gasteiger charge is 2.17. The van der Waals surface area contributed by atoms with Gasteiger partial charge in [-0.25, -0.2) is 4.79 Å². The lowest BCUT2D eigenvalue weighted by atomic mass is 9.96. The molecule has 0 heterocycles. The first-order valence-electron chi connectivity index (χ1n) is 9.15. The van der Waals surface area contributed by atoms with Gasteiger partial charge in [0.1, 0.15) is 0 Å². The molecule has 0 saturated heterocycles. The molecule has 0 amide bonds. The lowest BCUT2D eigenvalue weighted by Crippen LogP contribution is -2.16. The number of carboxylic acid groups (broad SMARTS) is 1. The van der Waals surface area contributed by atoms with Gasteiger partial charge in [-0.15, -0.1) is 0 Å². The normalized spacial score (nSPS) is 11.8. The van der Waals surface area contributed by atoms with E-state index in [9.17, 15) is 9.90 Å². The van der Waals surface area contributed by atoms with Crippen molar-refractivity contribution in [1.29, 1.82) is 0 Å². The summed E-state index contributed by atoms with van der Waals surface area (Å²) in [6, 6.07) is 22.4. The molecule has 0 fully saturated rings.